The van der Waals surface area contributed by atoms with Crippen molar-refractivity contribution in [2.45, 2.75) is 69.1 Å². The van der Waals surface area contributed by atoms with E-state index >= 15 is 0 Å². The summed E-state index contributed by atoms with van der Waals surface area (Å²) in [5.41, 5.74) is 2.44. The van der Waals surface area contributed by atoms with Crippen LogP contribution >= 0.6 is 11.8 Å². The van der Waals surface area contributed by atoms with Crippen molar-refractivity contribution in [3.05, 3.63) is 29.3 Å². The first-order valence-corrected chi connectivity index (χ1v) is 9.19. The van der Waals surface area contributed by atoms with Gasteiger partial charge in [-0.3, -0.25) is 10.1 Å². The third-order valence-electron chi connectivity index (χ3n) is 4.34. The molecule has 1 aromatic carbocycles. The highest BCUT2D eigenvalue weighted by molar-refractivity contribution is 8.00. The summed E-state index contributed by atoms with van der Waals surface area (Å²) in [5, 5.41) is 5.06. The van der Waals surface area contributed by atoms with E-state index in [1.165, 1.54) is 29.3 Å². The Balaban J connectivity index is 1.81. The lowest BCUT2D eigenvalue weighted by molar-refractivity contribution is -0.119. The highest BCUT2D eigenvalue weighted by Crippen LogP contribution is 2.25. The fraction of sp³-hybridized carbons (Fsp3) is 0.556. The monoisotopic (exact) mass is 334 g/mol. The molecule has 0 radical (unpaired) electrons. The van der Waals surface area contributed by atoms with Crippen LogP contribution in [0.3, 0.4) is 0 Å². The Hall–Kier alpha value is -1.49. The van der Waals surface area contributed by atoms with E-state index in [1.54, 1.807) is 0 Å². The van der Waals surface area contributed by atoms with Gasteiger partial charge in [0.15, 0.2) is 0 Å². The average Bonchev–Trinajstić information content (AvgIpc) is 2.51. The van der Waals surface area contributed by atoms with Crippen molar-refractivity contribution in [1.29, 1.82) is 0 Å². The van der Waals surface area contributed by atoms with Crippen molar-refractivity contribution in [2.24, 2.45) is 0 Å². The van der Waals surface area contributed by atoms with Crippen molar-refractivity contribution < 1.29 is 9.59 Å². The first kappa shape index (κ1) is 17.9. The smallest absolute Gasteiger partial charge is 0.321 e. The van der Waals surface area contributed by atoms with Gasteiger partial charge in [0.2, 0.25) is 5.91 Å². The van der Waals surface area contributed by atoms with Crippen LogP contribution in [0.4, 0.5) is 4.79 Å². The Bertz CT molecular complexity index is 568. The molecule has 4 nitrogen and oxygen atoms in total. The minimum Gasteiger partial charge on any atom is -0.335 e. The summed E-state index contributed by atoms with van der Waals surface area (Å²) in [6.07, 6.45) is 5.56. The summed E-state index contributed by atoms with van der Waals surface area (Å²) in [4.78, 5) is 25.1. The van der Waals surface area contributed by atoms with Crippen molar-refractivity contribution in [2.75, 3.05) is 0 Å². The molecule has 2 N–H and O–H groups in total. The van der Waals surface area contributed by atoms with Crippen LogP contribution in [0.15, 0.2) is 23.1 Å². The molecule has 1 aliphatic rings. The fourth-order valence-corrected chi connectivity index (χ4v) is 3.69. The fourth-order valence-electron chi connectivity index (χ4n) is 2.73. The molecule has 2 rings (SSSR count). The summed E-state index contributed by atoms with van der Waals surface area (Å²) >= 11 is 1.47. The number of carbonyl (C=O) groups excluding carboxylic acids is 2. The number of hydrogen-bond donors (Lipinski definition) is 2. The average molecular weight is 334 g/mol. The van der Waals surface area contributed by atoms with Gasteiger partial charge in [0.25, 0.3) is 0 Å². The molecule has 1 aromatic rings. The molecule has 0 bridgehead atoms. The maximum absolute atomic E-state index is 12.2. The molecular weight excluding hydrogens is 308 g/mol. The predicted molar refractivity (Wildman–Crippen MR) is 94.8 cm³/mol. The first-order valence-electron chi connectivity index (χ1n) is 8.31. The number of aryl methyl sites for hydroxylation is 2. The molecule has 126 valence electrons. The van der Waals surface area contributed by atoms with E-state index < -0.39 is 0 Å². The molecule has 0 heterocycles. The number of benzene rings is 1. The predicted octanol–water partition coefficient (Wildman–Crippen LogP) is 3.94. The van der Waals surface area contributed by atoms with E-state index in [4.69, 9.17) is 0 Å². The molecule has 5 heteroatoms. The van der Waals surface area contributed by atoms with E-state index in [1.807, 2.05) is 13.0 Å². The van der Waals surface area contributed by atoms with Crippen LogP contribution in [0.2, 0.25) is 0 Å². The second-order valence-electron chi connectivity index (χ2n) is 6.30. The largest absolute Gasteiger partial charge is 0.335 e. The lowest BCUT2D eigenvalue weighted by atomic mass is 9.96. The summed E-state index contributed by atoms with van der Waals surface area (Å²) < 4.78 is 0. The number of carbonyl (C=O) groups is 2. The summed E-state index contributed by atoms with van der Waals surface area (Å²) in [6, 6.07) is 5.98. The molecule has 1 aliphatic carbocycles. The molecule has 0 aliphatic heterocycles. The lowest BCUT2D eigenvalue weighted by Crippen LogP contribution is -2.47. The van der Waals surface area contributed by atoms with Crippen LogP contribution in [0, 0.1) is 13.8 Å². The SMILES string of the molecule is Cc1ccc(SC(C)C(=O)NC(=O)NC2CCCCC2)cc1C. The topological polar surface area (TPSA) is 58.2 Å². The van der Waals surface area contributed by atoms with Crippen LogP contribution < -0.4 is 10.6 Å². The maximum atomic E-state index is 12.2. The quantitative estimate of drug-likeness (QED) is 0.820. The Labute approximate surface area is 142 Å². The first-order chi connectivity index (χ1) is 11.0. The zero-order valence-electron chi connectivity index (χ0n) is 14.1. The molecule has 1 saturated carbocycles. The van der Waals surface area contributed by atoms with Crippen molar-refractivity contribution in [3.8, 4) is 0 Å². The molecular formula is C18H26N2O2S. The van der Waals surface area contributed by atoms with Gasteiger partial charge in [-0.15, -0.1) is 11.8 Å². The van der Waals surface area contributed by atoms with E-state index in [0.29, 0.717) is 0 Å². The molecule has 1 unspecified atom stereocenters. The van der Waals surface area contributed by atoms with Gasteiger partial charge in [0.05, 0.1) is 5.25 Å². The highest BCUT2D eigenvalue weighted by atomic mass is 32.2. The van der Waals surface area contributed by atoms with Crippen LogP contribution in [0.1, 0.15) is 50.2 Å². The number of rotatable bonds is 4. The van der Waals surface area contributed by atoms with E-state index in [9.17, 15) is 9.59 Å². The zero-order chi connectivity index (χ0) is 16.8. The number of urea groups is 1. The zero-order valence-corrected chi connectivity index (χ0v) is 15.0. The van der Waals surface area contributed by atoms with Gasteiger partial charge in [0.1, 0.15) is 0 Å². The number of thioether (sulfide) groups is 1. The van der Waals surface area contributed by atoms with Gasteiger partial charge < -0.3 is 5.32 Å². The Morgan fingerprint density at radius 2 is 1.83 bits per heavy atom. The van der Waals surface area contributed by atoms with Crippen LogP contribution in [0.5, 0.6) is 0 Å². The Morgan fingerprint density at radius 3 is 2.48 bits per heavy atom. The molecule has 0 spiro atoms. The van der Waals surface area contributed by atoms with Crippen LogP contribution in [-0.2, 0) is 4.79 Å². The normalized spacial score (nSPS) is 16.7. The van der Waals surface area contributed by atoms with Gasteiger partial charge in [-0.05, 0) is 56.9 Å². The number of hydrogen-bond acceptors (Lipinski definition) is 3. The van der Waals surface area contributed by atoms with E-state index in [-0.39, 0.29) is 23.2 Å². The summed E-state index contributed by atoms with van der Waals surface area (Å²) in [5.74, 6) is -0.249. The minimum atomic E-state index is -0.366. The van der Waals surface area contributed by atoms with Gasteiger partial charge in [-0.2, -0.15) is 0 Å². The summed E-state index contributed by atoms with van der Waals surface area (Å²) in [7, 11) is 0. The van der Waals surface area contributed by atoms with Crippen molar-refractivity contribution >= 4 is 23.7 Å². The molecule has 1 fully saturated rings. The third kappa shape index (κ3) is 5.57. The van der Waals surface area contributed by atoms with Crippen LogP contribution in [-0.4, -0.2) is 23.2 Å². The van der Waals surface area contributed by atoms with E-state index in [0.717, 1.165) is 30.6 Å². The van der Waals surface area contributed by atoms with Crippen molar-refractivity contribution in [3.63, 3.8) is 0 Å². The number of amides is 3. The van der Waals surface area contributed by atoms with Gasteiger partial charge in [0, 0.05) is 10.9 Å². The highest BCUT2D eigenvalue weighted by Gasteiger charge is 2.20. The van der Waals surface area contributed by atoms with Gasteiger partial charge >= 0.3 is 6.03 Å². The Kier molecular flexibility index (Phi) is 6.51. The summed E-state index contributed by atoms with van der Waals surface area (Å²) in [6.45, 7) is 5.94. The molecule has 23 heavy (non-hydrogen) atoms. The second kappa shape index (κ2) is 8.39. The second-order valence-corrected chi connectivity index (χ2v) is 7.72. The standard InChI is InChI=1S/C18H26N2O2S/c1-12-9-10-16(11-13(12)2)23-14(3)17(21)20-18(22)19-15-7-5-4-6-8-15/h9-11,14-15H,4-8H2,1-3H3,(H2,19,20,21,22). The molecule has 0 saturated heterocycles. The minimum absolute atomic E-state index is 0.208. The van der Waals surface area contributed by atoms with Crippen LogP contribution in [0.25, 0.3) is 0 Å². The molecule has 0 aromatic heterocycles. The molecule has 3 amide bonds. The number of imide groups is 1. The molecule has 1 atom stereocenters. The van der Waals surface area contributed by atoms with Crippen molar-refractivity contribution in [1.82, 2.24) is 10.6 Å². The Morgan fingerprint density at radius 1 is 1.13 bits per heavy atom. The van der Waals surface area contributed by atoms with Gasteiger partial charge in [-0.1, -0.05) is 25.3 Å². The number of nitrogens with one attached hydrogen (secondary N) is 2. The maximum Gasteiger partial charge on any atom is 0.321 e. The third-order valence-corrected chi connectivity index (χ3v) is 5.43. The van der Waals surface area contributed by atoms with Gasteiger partial charge in [-0.25, -0.2) is 4.79 Å². The van der Waals surface area contributed by atoms with E-state index in [2.05, 4.69) is 36.6 Å². The lowest BCUT2D eigenvalue weighted by Gasteiger charge is -2.23.